The number of allylic oxidation sites excluding steroid dienone is 1. The summed E-state index contributed by atoms with van der Waals surface area (Å²) in [7, 11) is 0. The molecule has 0 amide bonds. The molecule has 0 spiro atoms. The second-order valence-electron chi connectivity index (χ2n) is 4.27. The summed E-state index contributed by atoms with van der Waals surface area (Å²) in [6, 6.07) is 17.1. The summed E-state index contributed by atoms with van der Waals surface area (Å²) in [5, 5.41) is 8.92. The number of hydrogen-bond donors (Lipinski definition) is 1. The number of benzene rings is 2. The van der Waals surface area contributed by atoms with Crippen LogP contribution in [-0.4, -0.2) is 11.1 Å². The van der Waals surface area contributed by atoms with Gasteiger partial charge in [0.2, 0.25) is 0 Å². The van der Waals surface area contributed by atoms with Gasteiger partial charge in [-0.05, 0) is 35.3 Å². The van der Waals surface area contributed by atoms with Crippen molar-refractivity contribution in [2.75, 3.05) is 0 Å². The van der Waals surface area contributed by atoms with Gasteiger partial charge in [-0.25, -0.2) is 4.79 Å². The molecule has 2 nitrogen and oxygen atoms in total. The van der Waals surface area contributed by atoms with Crippen molar-refractivity contribution in [1.29, 1.82) is 0 Å². The lowest BCUT2D eigenvalue weighted by atomic mass is 9.96. The number of carboxylic acids is 1. The molecule has 0 aliphatic carbocycles. The Bertz CT molecular complexity index is 580. The summed E-state index contributed by atoms with van der Waals surface area (Å²) < 4.78 is 0. The van der Waals surface area contributed by atoms with Gasteiger partial charge in [0.05, 0.1) is 5.56 Å². The van der Waals surface area contributed by atoms with Crippen LogP contribution in [0.2, 0.25) is 0 Å². The third kappa shape index (κ3) is 3.10. The molecule has 0 aromatic heterocycles. The van der Waals surface area contributed by atoms with Crippen LogP contribution < -0.4 is 0 Å². The van der Waals surface area contributed by atoms with Gasteiger partial charge < -0.3 is 5.11 Å². The molecule has 2 aromatic carbocycles. The number of carbonyl (C=O) groups is 1. The maximum absolute atomic E-state index is 10.9. The average Bonchev–Trinajstić information content (AvgIpc) is 2.46. The van der Waals surface area contributed by atoms with Gasteiger partial charge in [-0.1, -0.05) is 55.5 Å². The highest BCUT2D eigenvalue weighted by Crippen LogP contribution is 2.24. The van der Waals surface area contributed by atoms with Crippen LogP contribution in [0.1, 0.15) is 34.8 Å². The van der Waals surface area contributed by atoms with Gasteiger partial charge in [-0.15, -0.1) is 0 Å². The minimum atomic E-state index is -0.896. The van der Waals surface area contributed by atoms with Crippen LogP contribution in [-0.2, 0) is 0 Å². The fraction of sp³-hybridized carbons (Fsp3) is 0.118. The average molecular weight is 252 g/mol. The largest absolute Gasteiger partial charge is 0.478 e. The molecular formula is C17H16O2. The van der Waals surface area contributed by atoms with Crippen molar-refractivity contribution in [2.24, 2.45) is 0 Å². The molecule has 2 aromatic rings. The Morgan fingerprint density at radius 3 is 2.00 bits per heavy atom. The Hall–Kier alpha value is -2.35. The standard InChI is InChI=1S/C17H16O2/c1-2-6-16(13-7-4-3-5-8-13)14-9-11-15(12-10-14)17(18)19/h3-12H,2H2,1H3,(H,18,19). The summed E-state index contributed by atoms with van der Waals surface area (Å²) in [6.45, 7) is 2.09. The molecule has 2 rings (SSSR count). The lowest BCUT2D eigenvalue weighted by Crippen LogP contribution is -1.96. The molecule has 19 heavy (non-hydrogen) atoms. The van der Waals surface area contributed by atoms with Gasteiger partial charge in [-0.3, -0.25) is 0 Å². The zero-order chi connectivity index (χ0) is 13.7. The number of rotatable bonds is 4. The maximum atomic E-state index is 10.9. The summed E-state index contributed by atoms with van der Waals surface area (Å²) in [5.41, 5.74) is 3.64. The highest BCUT2D eigenvalue weighted by molar-refractivity contribution is 5.89. The van der Waals surface area contributed by atoms with E-state index in [1.165, 1.54) is 0 Å². The molecule has 96 valence electrons. The predicted octanol–water partition coefficient (Wildman–Crippen LogP) is 4.23. The highest BCUT2D eigenvalue weighted by Gasteiger charge is 2.06. The summed E-state index contributed by atoms with van der Waals surface area (Å²) >= 11 is 0. The van der Waals surface area contributed by atoms with Gasteiger partial charge in [0.15, 0.2) is 0 Å². The Kier molecular flexibility index (Phi) is 4.14. The maximum Gasteiger partial charge on any atom is 0.335 e. The van der Waals surface area contributed by atoms with Crippen LogP contribution >= 0.6 is 0 Å². The van der Waals surface area contributed by atoms with Crippen LogP contribution in [0.25, 0.3) is 5.57 Å². The Balaban J connectivity index is 2.41. The van der Waals surface area contributed by atoms with Crippen LogP contribution in [0.15, 0.2) is 60.7 Å². The van der Waals surface area contributed by atoms with Crippen molar-refractivity contribution in [2.45, 2.75) is 13.3 Å². The molecule has 0 atom stereocenters. The van der Waals surface area contributed by atoms with E-state index in [9.17, 15) is 4.79 Å². The van der Waals surface area contributed by atoms with Crippen LogP contribution in [0.4, 0.5) is 0 Å². The van der Waals surface area contributed by atoms with Crippen molar-refractivity contribution < 1.29 is 9.90 Å². The molecule has 1 N–H and O–H groups in total. The first kappa shape index (κ1) is 13.1. The molecule has 0 aliphatic rings. The second kappa shape index (κ2) is 6.01. The number of carboxylic acid groups (broad SMARTS) is 1. The van der Waals surface area contributed by atoms with E-state index in [-0.39, 0.29) is 0 Å². The predicted molar refractivity (Wildman–Crippen MR) is 77.2 cm³/mol. The highest BCUT2D eigenvalue weighted by atomic mass is 16.4. The summed E-state index contributed by atoms with van der Waals surface area (Å²) in [5.74, 6) is -0.896. The van der Waals surface area contributed by atoms with E-state index in [4.69, 9.17) is 5.11 Å². The van der Waals surface area contributed by atoms with Gasteiger partial charge in [-0.2, -0.15) is 0 Å². The first-order valence-corrected chi connectivity index (χ1v) is 6.31. The topological polar surface area (TPSA) is 37.3 Å². The molecule has 0 heterocycles. The quantitative estimate of drug-likeness (QED) is 0.884. The molecule has 0 saturated heterocycles. The smallest absolute Gasteiger partial charge is 0.335 e. The van der Waals surface area contributed by atoms with Gasteiger partial charge >= 0.3 is 5.97 Å². The molecule has 0 radical (unpaired) electrons. The van der Waals surface area contributed by atoms with Gasteiger partial charge in [0, 0.05) is 0 Å². The second-order valence-corrected chi connectivity index (χ2v) is 4.27. The molecule has 0 fully saturated rings. The van der Waals surface area contributed by atoms with Crippen molar-refractivity contribution in [3.8, 4) is 0 Å². The van der Waals surface area contributed by atoms with Crippen LogP contribution in [0, 0.1) is 0 Å². The fourth-order valence-corrected chi connectivity index (χ4v) is 2.02. The van der Waals surface area contributed by atoms with E-state index in [1.54, 1.807) is 12.1 Å². The lowest BCUT2D eigenvalue weighted by Gasteiger charge is -2.08. The molecule has 2 heteroatoms. The van der Waals surface area contributed by atoms with E-state index in [0.717, 1.165) is 23.1 Å². The van der Waals surface area contributed by atoms with Crippen molar-refractivity contribution in [1.82, 2.24) is 0 Å². The van der Waals surface area contributed by atoms with E-state index >= 15 is 0 Å². The third-order valence-electron chi connectivity index (χ3n) is 2.94. The van der Waals surface area contributed by atoms with E-state index in [2.05, 4.69) is 25.1 Å². The fourth-order valence-electron chi connectivity index (χ4n) is 2.02. The summed E-state index contributed by atoms with van der Waals surface area (Å²) in [6.07, 6.45) is 3.09. The molecule has 0 aliphatic heterocycles. The minimum Gasteiger partial charge on any atom is -0.478 e. The monoisotopic (exact) mass is 252 g/mol. The van der Waals surface area contributed by atoms with E-state index in [1.807, 2.05) is 30.3 Å². The number of aromatic carboxylic acids is 1. The zero-order valence-corrected chi connectivity index (χ0v) is 10.8. The van der Waals surface area contributed by atoms with Crippen molar-refractivity contribution >= 4 is 11.5 Å². The van der Waals surface area contributed by atoms with E-state index in [0.29, 0.717) is 5.56 Å². The van der Waals surface area contributed by atoms with E-state index < -0.39 is 5.97 Å². The summed E-state index contributed by atoms with van der Waals surface area (Å²) in [4.78, 5) is 10.9. The van der Waals surface area contributed by atoms with Crippen molar-refractivity contribution in [3.63, 3.8) is 0 Å². The van der Waals surface area contributed by atoms with Crippen LogP contribution in [0.3, 0.4) is 0 Å². The van der Waals surface area contributed by atoms with Gasteiger partial charge in [0.1, 0.15) is 0 Å². The Morgan fingerprint density at radius 1 is 0.947 bits per heavy atom. The minimum absolute atomic E-state index is 0.313. The molecule has 0 unspecified atom stereocenters. The first-order valence-electron chi connectivity index (χ1n) is 6.31. The molecule has 0 bridgehead atoms. The SMILES string of the molecule is CCC=C(c1ccccc1)c1ccc(C(=O)O)cc1. The lowest BCUT2D eigenvalue weighted by molar-refractivity contribution is 0.0697. The Labute approximate surface area is 113 Å². The zero-order valence-electron chi connectivity index (χ0n) is 10.8. The third-order valence-corrected chi connectivity index (χ3v) is 2.94. The van der Waals surface area contributed by atoms with Gasteiger partial charge in [0.25, 0.3) is 0 Å². The first-order chi connectivity index (χ1) is 9.22. The number of hydrogen-bond acceptors (Lipinski definition) is 1. The molecular weight excluding hydrogens is 236 g/mol. The molecule has 0 saturated carbocycles. The van der Waals surface area contributed by atoms with Crippen molar-refractivity contribution in [3.05, 3.63) is 77.4 Å². The van der Waals surface area contributed by atoms with Crippen LogP contribution in [0.5, 0.6) is 0 Å². The Morgan fingerprint density at radius 2 is 1.47 bits per heavy atom. The normalized spacial score (nSPS) is 11.3.